The van der Waals surface area contributed by atoms with Crippen LogP contribution in [0.4, 0.5) is 0 Å². The number of nitrogens with one attached hydrogen (secondary N) is 1. The second kappa shape index (κ2) is 7.46. The molecule has 0 spiro atoms. The van der Waals surface area contributed by atoms with Gasteiger partial charge < -0.3 is 15.1 Å². The third-order valence-corrected chi connectivity index (χ3v) is 4.52. The van der Waals surface area contributed by atoms with Crippen LogP contribution in [0.2, 0.25) is 0 Å². The SMILES string of the molecule is CCCNC1CCCN(CC2CCN(CC)C2)C1. The van der Waals surface area contributed by atoms with E-state index in [1.165, 1.54) is 71.5 Å². The Kier molecular flexibility index (Phi) is 5.93. The fourth-order valence-electron chi connectivity index (χ4n) is 3.45. The molecule has 2 heterocycles. The molecule has 0 aromatic heterocycles. The summed E-state index contributed by atoms with van der Waals surface area (Å²) in [5.41, 5.74) is 0. The van der Waals surface area contributed by atoms with Crippen molar-refractivity contribution in [2.75, 3.05) is 45.8 Å². The molecule has 2 saturated heterocycles. The van der Waals surface area contributed by atoms with Gasteiger partial charge in [0.05, 0.1) is 0 Å². The molecule has 3 heteroatoms. The first-order valence-electron chi connectivity index (χ1n) is 8.00. The lowest BCUT2D eigenvalue weighted by molar-refractivity contribution is 0.165. The lowest BCUT2D eigenvalue weighted by Crippen LogP contribution is -2.47. The Morgan fingerprint density at radius 2 is 1.94 bits per heavy atom. The van der Waals surface area contributed by atoms with Crippen LogP contribution in [0, 0.1) is 5.92 Å². The highest BCUT2D eigenvalue weighted by molar-refractivity contribution is 4.82. The summed E-state index contributed by atoms with van der Waals surface area (Å²) in [6.45, 7) is 13.6. The van der Waals surface area contributed by atoms with E-state index in [1.54, 1.807) is 0 Å². The minimum Gasteiger partial charge on any atom is -0.313 e. The van der Waals surface area contributed by atoms with Crippen molar-refractivity contribution in [3.05, 3.63) is 0 Å². The molecule has 2 atom stereocenters. The predicted molar refractivity (Wildman–Crippen MR) is 78.0 cm³/mol. The standard InChI is InChI=1S/C15H31N3/c1-3-8-16-15-6-5-9-18(13-15)12-14-7-10-17(4-2)11-14/h14-16H,3-13H2,1-2H3. The molecule has 2 rings (SSSR count). The van der Waals surface area contributed by atoms with Crippen molar-refractivity contribution in [2.45, 2.75) is 45.6 Å². The molecule has 0 aliphatic carbocycles. The molecule has 0 aromatic rings. The zero-order valence-corrected chi connectivity index (χ0v) is 12.3. The van der Waals surface area contributed by atoms with E-state index in [4.69, 9.17) is 0 Å². The van der Waals surface area contributed by atoms with E-state index in [0.29, 0.717) is 0 Å². The first kappa shape index (κ1) is 14.3. The van der Waals surface area contributed by atoms with Crippen molar-refractivity contribution >= 4 is 0 Å². The Hall–Kier alpha value is -0.120. The number of hydrogen-bond acceptors (Lipinski definition) is 3. The minimum absolute atomic E-state index is 0.752. The van der Waals surface area contributed by atoms with Gasteiger partial charge in [-0.05, 0) is 57.8 Å². The molecule has 106 valence electrons. The quantitative estimate of drug-likeness (QED) is 0.778. The molecule has 2 aliphatic rings. The van der Waals surface area contributed by atoms with Gasteiger partial charge in [0.25, 0.3) is 0 Å². The van der Waals surface area contributed by atoms with Crippen LogP contribution in [-0.2, 0) is 0 Å². The van der Waals surface area contributed by atoms with Gasteiger partial charge in [-0.2, -0.15) is 0 Å². The smallest absolute Gasteiger partial charge is 0.0195 e. The molecule has 2 fully saturated rings. The monoisotopic (exact) mass is 253 g/mol. The van der Waals surface area contributed by atoms with E-state index in [9.17, 15) is 0 Å². The zero-order chi connectivity index (χ0) is 12.8. The van der Waals surface area contributed by atoms with E-state index in [-0.39, 0.29) is 0 Å². The third-order valence-electron chi connectivity index (χ3n) is 4.52. The molecule has 2 aliphatic heterocycles. The van der Waals surface area contributed by atoms with Crippen LogP contribution in [0.15, 0.2) is 0 Å². The summed E-state index contributed by atoms with van der Waals surface area (Å²) in [4.78, 5) is 5.31. The van der Waals surface area contributed by atoms with Gasteiger partial charge in [-0.1, -0.05) is 13.8 Å². The van der Waals surface area contributed by atoms with E-state index < -0.39 is 0 Å². The second-order valence-electron chi connectivity index (χ2n) is 6.10. The van der Waals surface area contributed by atoms with Gasteiger partial charge in [0.2, 0.25) is 0 Å². The summed E-state index contributed by atoms with van der Waals surface area (Å²) in [6.07, 6.45) is 5.43. The van der Waals surface area contributed by atoms with Gasteiger partial charge in [-0.25, -0.2) is 0 Å². The van der Waals surface area contributed by atoms with Crippen LogP contribution in [-0.4, -0.2) is 61.7 Å². The van der Waals surface area contributed by atoms with Crippen molar-refractivity contribution < 1.29 is 0 Å². The summed E-state index contributed by atoms with van der Waals surface area (Å²) in [5.74, 6) is 0.926. The molecular formula is C15H31N3. The predicted octanol–water partition coefficient (Wildman–Crippen LogP) is 1.79. The first-order valence-corrected chi connectivity index (χ1v) is 8.00. The minimum atomic E-state index is 0.752. The molecule has 0 bridgehead atoms. The molecular weight excluding hydrogens is 222 g/mol. The van der Waals surface area contributed by atoms with Crippen molar-refractivity contribution in [3.63, 3.8) is 0 Å². The summed E-state index contributed by atoms with van der Waals surface area (Å²) in [5, 5.41) is 3.69. The molecule has 0 radical (unpaired) electrons. The number of piperidine rings is 1. The highest BCUT2D eigenvalue weighted by Gasteiger charge is 2.26. The maximum atomic E-state index is 3.69. The highest BCUT2D eigenvalue weighted by atomic mass is 15.2. The third kappa shape index (κ3) is 4.22. The average Bonchev–Trinajstić information content (AvgIpc) is 2.84. The number of nitrogens with zero attached hydrogens (tertiary/aromatic N) is 2. The van der Waals surface area contributed by atoms with Crippen molar-refractivity contribution in [1.82, 2.24) is 15.1 Å². The second-order valence-corrected chi connectivity index (χ2v) is 6.10. The van der Waals surface area contributed by atoms with Gasteiger partial charge >= 0.3 is 0 Å². The van der Waals surface area contributed by atoms with Crippen LogP contribution >= 0.6 is 0 Å². The molecule has 2 unspecified atom stereocenters. The van der Waals surface area contributed by atoms with Gasteiger partial charge in [-0.3, -0.25) is 0 Å². The molecule has 18 heavy (non-hydrogen) atoms. The molecule has 0 amide bonds. The van der Waals surface area contributed by atoms with Crippen molar-refractivity contribution in [2.24, 2.45) is 5.92 Å². The summed E-state index contributed by atoms with van der Waals surface area (Å²) in [7, 11) is 0. The zero-order valence-electron chi connectivity index (χ0n) is 12.3. The van der Waals surface area contributed by atoms with Gasteiger partial charge in [0.15, 0.2) is 0 Å². The van der Waals surface area contributed by atoms with Crippen LogP contribution in [0.25, 0.3) is 0 Å². The van der Waals surface area contributed by atoms with Crippen molar-refractivity contribution in [1.29, 1.82) is 0 Å². The van der Waals surface area contributed by atoms with E-state index in [2.05, 4.69) is 29.0 Å². The number of hydrogen-bond donors (Lipinski definition) is 1. The maximum Gasteiger partial charge on any atom is 0.0195 e. The van der Waals surface area contributed by atoms with Crippen LogP contribution < -0.4 is 5.32 Å². The van der Waals surface area contributed by atoms with Gasteiger partial charge in [0, 0.05) is 25.7 Å². The summed E-state index contributed by atoms with van der Waals surface area (Å²) < 4.78 is 0. The Morgan fingerprint density at radius 1 is 1.06 bits per heavy atom. The molecule has 3 nitrogen and oxygen atoms in total. The van der Waals surface area contributed by atoms with Crippen molar-refractivity contribution in [3.8, 4) is 0 Å². The Balaban J connectivity index is 1.69. The number of rotatable bonds is 6. The van der Waals surface area contributed by atoms with Crippen LogP contribution in [0.3, 0.4) is 0 Å². The molecule has 0 saturated carbocycles. The van der Waals surface area contributed by atoms with Gasteiger partial charge in [-0.15, -0.1) is 0 Å². The van der Waals surface area contributed by atoms with E-state index in [0.717, 1.165) is 12.0 Å². The maximum absolute atomic E-state index is 3.69. The van der Waals surface area contributed by atoms with Crippen LogP contribution in [0.1, 0.15) is 39.5 Å². The summed E-state index contributed by atoms with van der Waals surface area (Å²) in [6, 6.07) is 0.752. The Bertz CT molecular complexity index is 232. The molecule has 1 N–H and O–H groups in total. The van der Waals surface area contributed by atoms with E-state index >= 15 is 0 Å². The largest absolute Gasteiger partial charge is 0.313 e. The number of likely N-dealkylation sites (tertiary alicyclic amines) is 2. The highest BCUT2D eigenvalue weighted by Crippen LogP contribution is 2.19. The molecule has 0 aromatic carbocycles. The normalized spacial score (nSPS) is 31.0. The first-order chi connectivity index (χ1) is 8.81. The fourth-order valence-corrected chi connectivity index (χ4v) is 3.45. The van der Waals surface area contributed by atoms with Gasteiger partial charge in [0.1, 0.15) is 0 Å². The lowest BCUT2D eigenvalue weighted by atomic mass is 10.0. The fraction of sp³-hybridized carbons (Fsp3) is 1.00. The summed E-state index contributed by atoms with van der Waals surface area (Å²) >= 11 is 0. The van der Waals surface area contributed by atoms with Crippen LogP contribution in [0.5, 0.6) is 0 Å². The Labute approximate surface area is 113 Å². The topological polar surface area (TPSA) is 18.5 Å². The van der Waals surface area contributed by atoms with E-state index in [1.807, 2.05) is 0 Å². The Morgan fingerprint density at radius 3 is 2.67 bits per heavy atom. The lowest BCUT2D eigenvalue weighted by Gasteiger charge is -2.34. The average molecular weight is 253 g/mol.